The Bertz CT molecular complexity index is 1460. The molecule has 6 rings (SSSR count). The van der Waals surface area contributed by atoms with E-state index in [0.717, 1.165) is 21.1 Å². The van der Waals surface area contributed by atoms with Crippen LogP contribution in [0.25, 0.3) is 22.1 Å². The molecule has 35 heavy (non-hydrogen) atoms. The number of imidazole rings is 1. The maximum atomic E-state index is 11.9. The molecule has 1 aliphatic carbocycles. The molecule has 1 saturated heterocycles. The van der Waals surface area contributed by atoms with Crippen LogP contribution in [0, 0.1) is 5.92 Å². The van der Waals surface area contributed by atoms with Gasteiger partial charge in [0.1, 0.15) is 23.7 Å². The number of pyridine rings is 1. The van der Waals surface area contributed by atoms with Gasteiger partial charge in [0.05, 0.1) is 17.4 Å². The maximum absolute atomic E-state index is 11.9. The SMILES string of the molecule is CC(=O)OC1[C@H](n2cnc3c(Cl)ncnc32)O[C@]2(C[C@@H](Oc3ccc4cc(Br)cnc4c3)C2)[C@H]1C. The van der Waals surface area contributed by atoms with Crippen LogP contribution in [0.3, 0.4) is 0 Å². The fourth-order valence-corrected chi connectivity index (χ4v) is 5.67. The van der Waals surface area contributed by atoms with Gasteiger partial charge in [-0.25, -0.2) is 15.0 Å². The Morgan fingerprint density at radius 1 is 1.23 bits per heavy atom. The number of carbonyl (C=O) groups is 1. The highest BCUT2D eigenvalue weighted by Gasteiger charge is 2.62. The van der Waals surface area contributed by atoms with Gasteiger partial charge in [-0.05, 0) is 34.1 Å². The lowest BCUT2D eigenvalue weighted by Crippen LogP contribution is -2.54. The van der Waals surface area contributed by atoms with Crippen LogP contribution in [-0.2, 0) is 14.3 Å². The highest BCUT2D eigenvalue weighted by molar-refractivity contribution is 9.10. The second-order valence-electron chi connectivity index (χ2n) is 9.08. The van der Waals surface area contributed by atoms with Crippen molar-refractivity contribution in [2.75, 3.05) is 0 Å². The van der Waals surface area contributed by atoms with Gasteiger partial charge < -0.3 is 14.2 Å². The van der Waals surface area contributed by atoms with E-state index in [-0.39, 0.29) is 23.1 Å². The lowest BCUT2D eigenvalue weighted by Gasteiger charge is -2.46. The summed E-state index contributed by atoms with van der Waals surface area (Å²) in [5.41, 5.74) is 1.37. The number of nitrogens with zero attached hydrogens (tertiary/aromatic N) is 5. The van der Waals surface area contributed by atoms with Crippen LogP contribution >= 0.6 is 27.5 Å². The molecule has 0 radical (unpaired) electrons. The van der Waals surface area contributed by atoms with Crippen LogP contribution in [0.5, 0.6) is 5.75 Å². The third kappa shape index (κ3) is 3.84. The fourth-order valence-electron chi connectivity index (χ4n) is 5.14. The molecule has 1 aliphatic heterocycles. The zero-order valence-corrected chi connectivity index (χ0v) is 21.2. The monoisotopic (exact) mass is 557 g/mol. The van der Waals surface area contributed by atoms with Gasteiger partial charge in [-0.2, -0.15) is 0 Å². The van der Waals surface area contributed by atoms with E-state index >= 15 is 0 Å². The Morgan fingerprint density at radius 3 is 2.86 bits per heavy atom. The van der Waals surface area contributed by atoms with Crippen LogP contribution < -0.4 is 4.74 Å². The lowest BCUT2D eigenvalue weighted by molar-refractivity contribution is -0.171. The van der Waals surface area contributed by atoms with Crippen LogP contribution in [-0.4, -0.2) is 48.3 Å². The van der Waals surface area contributed by atoms with Crippen molar-refractivity contribution in [2.45, 2.75) is 50.7 Å². The van der Waals surface area contributed by atoms with Gasteiger partial charge in [-0.3, -0.25) is 14.3 Å². The van der Waals surface area contributed by atoms with Gasteiger partial charge in [0.15, 0.2) is 23.1 Å². The van der Waals surface area contributed by atoms with E-state index < -0.39 is 17.9 Å². The predicted molar refractivity (Wildman–Crippen MR) is 131 cm³/mol. The summed E-state index contributed by atoms with van der Waals surface area (Å²) in [7, 11) is 0. The number of ether oxygens (including phenoxy) is 3. The Labute approximate surface area is 213 Å². The summed E-state index contributed by atoms with van der Waals surface area (Å²) in [6.45, 7) is 3.45. The van der Waals surface area contributed by atoms with Gasteiger partial charge >= 0.3 is 5.97 Å². The smallest absolute Gasteiger partial charge is 0.303 e. The summed E-state index contributed by atoms with van der Waals surface area (Å²) < 4.78 is 21.3. The molecule has 3 atom stereocenters. The van der Waals surface area contributed by atoms with Crippen LogP contribution in [0.15, 0.2) is 47.6 Å². The molecule has 1 aromatic carbocycles. The number of hydrogen-bond acceptors (Lipinski definition) is 8. The van der Waals surface area contributed by atoms with Crippen molar-refractivity contribution in [1.29, 1.82) is 0 Å². The standard InChI is InChI=1S/C24H21BrClN5O4/c1-12-20(33-13(2)32)23(31-11-30-19-21(26)28-10-29-22(19)31)35-24(12)7-17(8-24)34-16-4-3-14-5-15(25)9-27-18(14)6-16/h3-6,9-12,17,20,23H,7-8H2,1-2H3/t12-,17-,20?,23+,24+/m0/s1. The van der Waals surface area contributed by atoms with Gasteiger partial charge in [-0.15, -0.1) is 0 Å². The van der Waals surface area contributed by atoms with Gasteiger partial charge in [-0.1, -0.05) is 18.5 Å². The summed E-state index contributed by atoms with van der Waals surface area (Å²) in [5.74, 6) is 0.325. The van der Waals surface area contributed by atoms with Gasteiger partial charge in [0.25, 0.3) is 0 Å². The van der Waals surface area contributed by atoms with Crippen molar-refractivity contribution in [3.8, 4) is 5.75 Å². The number of carbonyl (C=O) groups excluding carboxylic acids is 1. The normalized spacial score (nSPS) is 27.9. The second-order valence-corrected chi connectivity index (χ2v) is 10.4. The van der Waals surface area contributed by atoms with Crippen LogP contribution in [0.1, 0.15) is 32.9 Å². The Kier molecular flexibility index (Phi) is 5.43. The molecule has 9 nitrogen and oxygen atoms in total. The predicted octanol–water partition coefficient (Wildman–Crippen LogP) is 4.87. The van der Waals surface area contributed by atoms with E-state index in [2.05, 4.69) is 35.9 Å². The van der Waals surface area contributed by atoms with Crippen molar-refractivity contribution < 1.29 is 19.0 Å². The molecule has 180 valence electrons. The van der Waals surface area contributed by atoms with E-state index in [4.69, 9.17) is 25.8 Å². The number of fused-ring (bicyclic) bond motifs is 2. The minimum atomic E-state index is -0.589. The van der Waals surface area contributed by atoms with Crippen molar-refractivity contribution in [3.05, 3.63) is 52.7 Å². The third-order valence-corrected chi connectivity index (χ3v) is 7.63. The summed E-state index contributed by atoms with van der Waals surface area (Å²) in [6.07, 6.45) is 4.95. The quantitative estimate of drug-likeness (QED) is 0.258. The molecule has 3 aromatic heterocycles. The average molecular weight is 559 g/mol. The third-order valence-electron chi connectivity index (χ3n) is 6.92. The molecule has 2 aliphatic rings. The van der Waals surface area contributed by atoms with Crippen LogP contribution in [0.4, 0.5) is 0 Å². The first kappa shape index (κ1) is 22.6. The minimum Gasteiger partial charge on any atom is -0.490 e. The molecule has 4 aromatic rings. The van der Waals surface area contributed by atoms with E-state index in [1.807, 2.05) is 31.2 Å². The first-order valence-electron chi connectivity index (χ1n) is 11.2. The van der Waals surface area contributed by atoms with Crippen molar-refractivity contribution >= 4 is 55.6 Å². The summed E-state index contributed by atoms with van der Waals surface area (Å²) in [6, 6.07) is 7.91. The van der Waals surface area contributed by atoms with Crippen molar-refractivity contribution in [1.82, 2.24) is 24.5 Å². The second kappa shape index (κ2) is 8.39. The molecule has 0 N–H and O–H groups in total. The highest BCUT2D eigenvalue weighted by Crippen LogP contribution is 2.54. The summed E-state index contributed by atoms with van der Waals surface area (Å²) >= 11 is 9.63. The Morgan fingerprint density at radius 2 is 2.06 bits per heavy atom. The first-order chi connectivity index (χ1) is 16.8. The van der Waals surface area contributed by atoms with Gasteiger partial charge in [0, 0.05) is 47.8 Å². The molecule has 1 unspecified atom stereocenters. The number of benzene rings is 1. The zero-order chi connectivity index (χ0) is 24.3. The zero-order valence-electron chi connectivity index (χ0n) is 18.9. The largest absolute Gasteiger partial charge is 0.490 e. The van der Waals surface area contributed by atoms with E-state index in [1.165, 1.54) is 13.3 Å². The van der Waals surface area contributed by atoms with Crippen LogP contribution in [0.2, 0.25) is 5.15 Å². The number of hydrogen-bond donors (Lipinski definition) is 0. The topological polar surface area (TPSA) is 101 Å². The Hall–Kier alpha value is -2.82. The molecule has 0 amide bonds. The number of esters is 1. The van der Waals surface area contributed by atoms with E-state index in [1.54, 1.807) is 17.1 Å². The first-order valence-corrected chi connectivity index (χ1v) is 12.4. The molecule has 0 bridgehead atoms. The number of halogens is 2. The number of rotatable bonds is 4. The lowest BCUT2D eigenvalue weighted by atomic mass is 9.69. The van der Waals surface area contributed by atoms with E-state index in [0.29, 0.717) is 24.0 Å². The average Bonchev–Trinajstić information content (AvgIpc) is 3.34. The maximum Gasteiger partial charge on any atom is 0.303 e. The van der Waals surface area contributed by atoms with Gasteiger partial charge in [0.2, 0.25) is 0 Å². The molecular formula is C24H21BrClN5O4. The van der Waals surface area contributed by atoms with Crippen molar-refractivity contribution in [2.24, 2.45) is 5.92 Å². The van der Waals surface area contributed by atoms with E-state index in [9.17, 15) is 4.79 Å². The van der Waals surface area contributed by atoms with Crippen molar-refractivity contribution in [3.63, 3.8) is 0 Å². The summed E-state index contributed by atoms with van der Waals surface area (Å²) in [4.78, 5) is 29.1. The number of aromatic nitrogens is 5. The molecular weight excluding hydrogens is 538 g/mol. The Balaban J connectivity index is 1.24. The fraction of sp³-hybridized carbons (Fsp3) is 0.375. The minimum absolute atomic E-state index is 0.0293. The molecule has 11 heteroatoms. The molecule has 1 spiro atoms. The molecule has 2 fully saturated rings. The molecule has 1 saturated carbocycles. The highest BCUT2D eigenvalue weighted by atomic mass is 79.9. The molecule has 4 heterocycles. The summed E-state index contributed by atoms with van der Waals surface area (Å²) in [5, 5.41) is 1.29.